The predicted octanol–water partition coefficient (Wildman–Crippen LogP) is 0.933. The van der Waals surface area contributed by atoms with Crippen molar-refractivity contribution in [1.82, 2.24) is 0 Å². The van der Waals surface area contributed by atoms with Gasteiger partial charge in [-0.3, -0.25) is 9.59 Å². The minimum absolute atomic E-state index is 0.296. The molecule has 0 amide bonds. The summed E-state index contributed by atoms with van der Waals surface area (Å²) in [6.07, 6.45) is -0.593. The van der Waals surface area contributed by atoms with Gasteiger partial charge in [-0.15, -0.1) is 0 Å². The molecule has 7 heteroatoms. The number of carbonyl (C=O) groups excluding carboxylic acids is 2. The van der Waals surface area contributed by atoms with E-state index in [-0.39, 0.29) is 12.8 Å². The molecular formula is C12H10O7. The highest BCUT2D eigenvalue weighted by atomic mass is 16.6. The van der Waals surface area contributed by atoms with Crippen molar-refractivity contribution in [3.05, 3.63) is 35.4 Å². The van der Waals surface area contributed by atoms with Gasteiger partial charge in [-0.25, -0.2) is 9.59 Å². The SMILES string of the molecule is O=C(O)CCC(=O)O.O=C1OC(=O)c2ccccc21. The normalized spacial score (nSPS) is 12.0. The third-order valence-electron chi connectivity index (χ3n) is 2.11. The molecule has 0 saturated carbocycles. The predicted molar refractivity (Wildman–Crippen MR) is 60.7 cm³/mol. The van der Waals surface area contributed by atoms with E-state index in [1.54, 1.807) is 24.3 Å². The van der Waals surface area contributed by atoms with Gasteiger partial charge in [0.1, 0.15) is 0 Å². The maximum absolute atomic E-state index is 10.8. The quantitative estimate of drug-likeness (QED) is 0.617. The molecule has 0 atom stereocenters. The third kappa shape index (κ3) is 4.23. The second-order valence-electron chi connectivity index (χ2n) is 3.51. The van der Waals surface area contributed by atoms with Crippen LogP contribution in [0.1, 0.15) is 33.6 Å². The van der Waals surface area contributed by atoms with Crippen LogP contribution < -0.4 is 0 Å². The molecule has 0 aliphatic carbocycles. The topological polar surface area (TPSA) is 118 Å². The molecule has 7 nitrogen and oxygen atoms in total. The van der Waals surface area contributed by atoms with Gasteiger partial charge in [0, 0.05) is 0 Å². The Balaban J connectivity index is 0.000000203. The van der Waals surface area contributed by atoms with Crippen molar-refractivity contribution in [2.24, 2.45) is 0 Å². The Morgan fingerprint density at radius 3 is 1.58 bits per heavy atom. The van der Waals surface area contributed by atoms with Crippen LogP contribution in [0.15, 0.2) is 24.3 Å². The Morgan fingerprint density at radius 1 is 0.895 bits per heavy atom. The maximum Gasteiger partial charge on any atom is 0.346 e. The summed E-state index contributed by atoms with van der Waals surface area (Å²) in [4.78, 5) is 40.9. The number of carbonyl (C=O) groups is 4. The van der Waals surface area contributed by atoms with Crippen molar-refractivity contribution in [3.8, 4) is 0 Å². The first kappa shape index (κ1) is 14.4. The molecule has 2 rings (SSSR count). The van der Waals surface area contributed by atoms with Gasteiger partial charge in [0.25, 0.3) is 0 Å². The van der Waals surface area contributed by atoms with E-state index in [9.17, 15) is 19.2 Å². The fraction of sp³-hybridized carbons (Fsp3) is 0.167. The van der Waals surface area contributed by atoms with Gasteiger partial charge in [-0.1, -0.05) is 12.1 Å². The minimum atomic E-state index is -1.08. The number of carboxylic acids is 2. The summed E-state index contributed by atoms with van der Waals surface area (Å²) in [5.74, 6) is -3.25. The molecule has 1 aliphatic heterocycles. The van der Waals surface area contributed by atoms with Crippen molar-refractivity contribution < 1.29 is 34.1 Å². The first-order chi connectivity index (χ1) is 8.91. The number of hydrogen-bond donors (Lipinski definition) is 2. The average molecular weight is 266 g/mol. The molecule has 1 aromatic rings. The highest BCUT2D eigenvalue weighted by Gasteiger charge is 2.28. The van der Waals surface area contributed by atoms with E-state index in [2.05, 4.69) is 4.74 Å². The zero-order valence-electron chi connectivity index (χ0n) is 9.66. The van der Waals surface area contributed by atoms with E-state index >= 15 is 0 Å². The lowest BCUT2D eigenvalue weighted by Crippen LogP contribution is -2.00. The smallest absolute Gasteiger partial charge is 0.346 e. The minimum Gasteiger partial charge on any atom is -0.481 e. The standard InChI is InChI=1S/C8H4O3.C4H6O4/c9-7-5-3-1-2-4-6(5)8(10)11-7;5-3(6)1-2-4(7)8/h1-4H;1-2H2,(H,5,6)(H,7,8). The largest absolute Gasteiger partial charge is 0.481 e. The van der Waals surface area contributed by atoms with Crippen LogP contribution in [0.4, 0.5) is 0 Å². The van der Waals surface area contributed by atoms with Crippen molar-refractivity contribution >= 4 is 23.9 Å². The fourth-order valence-electron chi connectivity index (χ4n) is 1.25. The first-order valence-corrected chi connectivity index (χ1v) is 5.21. The lowest BCUT2D eigenvalue weighted by Gasteiger charge is -1.86. The van der Waals surface area contributed by atoms with Crippen LogP contribution in [0.2, 0.25) is 0 Å². The summed E-state index contributed by atoms with van der Waals surface area (Å²) in [7, 11) is 0. The number of carboxylic acid groups (broad SMARTS) is 2. The number of aliphatic carboxylic acids is 2. The lowest BCUT2D eigenvalue weighted by atomic mass is 10.1. The Hall–Kier alpha value is -2.70. The molecule has 1 aromatic carbocycles. The van der Waals surface area contributed by atoms with E-state index in [1.807, 2.05) is 0 Å². The lowest BCUT2D eigenvalue weighted by molar-refractivity contribution is -0.143. The Bertz CT molecular complexity index is 486. The molecule has 0 aromatic heterocycles. The van der Waals surface area contributed by atoms with Gasteiger partial charge >= 0.3 is 23.9 Å². The molecule has 2 N–H and O–H groups in total. The molecule has 0 saturated heterocycles. The van der Waals surface area contributed by atoms with Gasteiger partial charge in [0.05, 0.1) is 24.0 Å². The fourth-order valence-corrected chi connectivity index (χ4v) is 1.25. The summed E-state index contributed by atoms with van der Waals surface area (Å²) in [6, 6.07) is 6.53. The molecule has 1 aliphatic rings. The van der Waals surface area contributed by atoms with Crippen molar-refractivity contribution in [1.29, 1.82) is 0 Å². The maximum atomic E-state index is 10.8. The number of esters is 2. The van der Waals surface area contributed by atoms with Crippen LogP contribution in [0.25, 0.3) is 0 Å². The Morgan fingerprint density at radius 2 is 1.26 bits per heavy atom. The van der Waals surface area contributed by atoms with Crippen molar-refractivity contribution in [2.75, 3.05) is 0 Å². The van der Waals surface area contributed by atoms with Gasteiger partial charge in [0.2, 0.25) is 0 Å². The zero-order chi connectivity index (χ0) is 14.4. The van der Waals surface area contributed by atoms with E-state index in [0.717, 1.165) is 0 Å². The molecule has 0 radical (unpaired) electrons. The molecule has 1 heterocycles. The van der Waals surface area contributed by atoms with Crippen LogP contribution in [0, 0.1) is 0 Å². The molecule has 19 heavy (non-hydrogen) atoms. The van der Waals surface area contributed by atoms with E-state index in [4.69, 9.17) is 10.2 Å². The van der Waals surface area contributed by atoms with Crippen LogP contribution in [-0.2, 0) is 14.3 Å². The van der Waals surface area contributed by atoms with E-state index < -0.39 is 23.9 Å². The summed E-state index contributed by atoms with van der Waals surface area (Å²) < 4.78 is 4.35. The Kier molecular flexibility index (Phi) is 4.76. The van der Waals surface area contributed by atoms with Crippen LogP contribution in [0.5, 0.6) is 0 Å². The summed E-state index contributed by atoms with van der Waals surface area (Å²) in [6.45, 7) is 0. The summed E-state index contributed by atoms with van der Waals surface area (Å²) >= 11 is 0. The van der Waals surface area contributed by atoms with Crippen molar-refractivity contribution in [3.63, 3.8) is 0 Å². The second-order valence-corrected chi connectivity index (χ2v) is 3.51. The number of ether oxygens (including phenoxy) is 1. The Labute approximate surface area is 107 Å². The van der Waals surface area contributed by atoms with Crippen LogP contribution in [-0.4, -0.2) is 34.1 Å². The van der Waals surface area contributed by atoms with Gasteiger partial charge in [-0.2, -0.15) is 0 Å². The zero-order valence-corrected chi connectivity index (χ0v) is 9.66. The van der Waals surface area contributed by atoms with Crippen LogP contribution >= 0.6 is 0 Å². The van der Waals surface area contributed by atoms with Gasteiger partial charge < -0.3 is 14.9 Å². The van der Waals surface area contributed by atoms with Gasteiger partial charge in [0.15, 0.2) is 0 Å². The highest BCUT2D eigenvalue weighted by molar-refractivity contribution is 6.14. The number of hydrogen-bond acceptors (Lipinski definition) is 5. The molecule has 0 spiro atoms. The molecule has 0 bridgehead atoms. The molecule has 0 fully saturated rings. The molecule has 100 valence electrons. The first-order valence-electron chi connectivity index (χ1n) is 5.21. The third-order valence-corrected chi connectivity index (χ3v) is 2.11. The second kappa shape index (κ2) is 6.29. The van der Waals surface area contributed by atoms with Gasteiger partial charge in [-0.05, 0) is 12.1 Å². The van der Waals surface area contributed by atoms with Crippen LogP contribution in [0.3, 0.4) is 0 Å². The molecular weight excluding hydrogens is 256 g/mol. The van der Waals surface area contributed by atoms with E-state index in [1.165, 1.54) is 0 Å². The highest BCUT2D eigenvalue weighted by Crippen LogP contribution is 2.18. The summed E-state index contributed by atoms with van der Waals surface area (Å²) in [5.41, 5.74) is 0.718. The number of benzene rings is 1. The average Bonchev–Trinajstić information content (AvgIpc) is 2.64. The van der Waals surface area contributed by atoms with E-state index in [0.29, 0.717) is 11.1 Å². The summed E-state index contributed by atoms with van der Waals surface area (Å²) in [5, 5.41) is 15.8. The monoisotopic (exact) mass is 266 g/mol. The van der Waals surface area contributed by atoms with Crippen molar-refractivity contribution in [2.45, 2.75) is 12.8 Å². The number of fused-ring (bicyclic) bond motifs is 1. The number of cyclic esters (lactones) is 2. The molecule has 0 unspecified atom stereocenters. The number of rotatable bonds is 3.